The van der Waals surface area contributed by atoms with Gasteiger partial charge in [0.05, 0.1) is 12.1 Å². The molecule has 0 saturated carbocycles. The lowest BCUT2D eigenvalue weighted by atomic mass is 9.93. The van der Waals surface area contributed by atoms with Gasteiger partial charge in [-0.05, 0) is 49.4 Å². The van der Waals surface area contributed by atoms with E-state index in [0.29, 0.717) is 38.3 Å². The highest BCUT2D eigenvalue weighted by Crippen LogP contribution is 2.30. The Labute approximate surface area is 172 Å². The summed E-state index contributed by atoms with van der Waals surface area (Å²) in [5.74, 6) is -0.252. The van der Waals surface area contributed by atoms with E-state index in [-0.39, 0.29) is 30.7 Å². The molecule has 7 nitrogen and oxygen atoms in total. The molecule has 164 valence electrons. The summed E-state index contributed by atoms with van der Waals surface area (Å²) in [7, 11) is 0. The predicted octanol–water partition coefficient (Wildman–Crippen LogP) is 3.11. The normalized spacial score (nSPS) is 19.6. The smallest absolute Gasteiger partial charge is 0.416 e. The number of nitrogens with zero attached hydrogens (tertiary/aromatic N) is 2. The van der Waals surface area contributed by atoms with Crippen LogP contribution in [0.4, 0.5) is 23.7 Å². The average molecular weight is 427 g/mol. The molecule has 0 bridgehead atoms. The van der Waals surface area contributed by atoms with Crippen LogP contribution in [0.2, 0.25) is 0 Å². The van der Waals surface area contributed by atoms with Crippen molar-refractivity contribution in [1.29, 1.82) is 0 Å². The Morgan fingerprint density at radius 2 is 1.90 bits per heavy atom. The van der Waals surface area contributed by atoms with Gasteiger partial charge in [0.25, 0.3) is 0 Å². The van der Waals surface area contributed by atoms with Gasteiger partial charge in [-0.25, -0.2) is 4.79 Å². The lowest BCUT2D eigenvalue weighted by molar-refractivity contribution is -0.137. The SMILES string of the molecule is O=C(CCC1CCCN(C(=O)CN2CCOC2=O)C1)Nc1ccc(C(F)(F)F)cc1. The summed E-state index contributed by atoms with van der Waals surface area (Å²) < 4.78 is 42.6. The summed E-state index contributed by atoms with van der Waals surface area (Å²) >= 11 is 0. The van der Waals surface area contributed by atoms with Crippen LogP contribution in [-0.4, -0.2) is 60.5 Å². The van der Waals surface area contributed by atoms with Gasteiger partial charge < -0.3 is 15.0 Å². The molecular formula is C20H24F3N3O4. The zero-order valence-electron chi connectivity index (χ0n) is 16.4. The number of carbonyl (C=O) groups is 3. The Hall–Kier alpha value is -2.78. The fraction of sp³-hybridized carbons (Fsp3) is 0.550. The number of carbonyl (C=O) groups excluding carboxylic acids is 3. The van der Waals surface area contributed by atoms with Crippen LogP contribution >= 0.6 is 0 Å². The fourth-order valence-electron chi connectivity index (χ4n) is 3.66. The van der Waals surface area contributed by atoms with E-state index < -0.39 is 17.8 Å². The summed E-state index contributed by atoms with van der Waals surface area (Å²) in [5.41, 5.74) is -0.458. The zero-order valence-corrected chi connectivity index (χ0v) is 16.4. The van der Waals surface area contributed by atoms with Crippen LogP contribution in [0.1, 0.15) is 31.2 Å². The Balaban J connectivity index is 1.43. The van der Waals surface area contributed by atoms with E-state index in [1.807, 2.05) is 0 Å². The maximum Gasteiger partial charge on any atom is 0.416 e. The third-order valence-electron chi connectivity index (χ3n) is 5.32. The zero-order chi connectivity index (χ0) is 21.7. The molecule has 0 radical (unpaired) electrons. The van der Waals surface area contributed by atoms with E-state index in [2.05, 4.69) is 5.32 Å². The third kappa shape index (κ3) is 5.87. The topological polar surface area (TPSA) is 79.0 Å². The van der Waals surface area contributed by atoms with Gasteiger partial charge in [-0.3, -0.25) is 14.5 Å². The molecule has 3 amide bonds. The molecule has 0 aromatic heterocycles. The molecule has 2 aliphatic heterocycles. The Bertz CT molecular complexity index is 782. The average Bonchev–Trinajstić information content (AvgIpc) is 3.11. The molecule has 0 aliphatic carbocycles. The number of ether oxygens (including phenoxy) is 1. The second-order valence-corrected chi connectivity index (χ2v) is 7.55. The third-order valence-corrected chi connectivity index (χ3v) is 5.32. The van der Waals surface area contributed by atoms with Gasteiger partial charge in [-0.1, -0.05) is 0 Å². The first-order chi connectivity index (χ1) is 14.2. The van der Waals surface area contributed by atoms with Crippen molar-refractivity contribution in [3.63, 3.8) is 0 Å². The molecule has 0 spiro atoms. The molecular weight excluding hydrogens is 403 g/mol. The van der Waals surface area contributed by atoms with Crippen LogP contribution in [0.5, 0.6) is 0 Å². The summed E-state index contributed by atoms with van der Waals surface area (Å²) in [4.78, 5) is 39.2. The molecule has 30 heavy (non-hydrogen) atoms. The van der Waals surface area contributed by atoms with Crippen molar-refractivity contribution in [1.82, 2.24) is 9.80 Å². The monoisotopic (exact) mass is 427 g/mol. The van der Waals surface area contributed by atoms with Gasteiger partial charge in [0.1, 0.15) is 13.2 Å². The van der Waals surface area contributed by atoms with Gasteiger partial charge in [-0.2, -0.15) is 13.2 Å². The minimum absolute atomic E-state index is 0.0000392. The summed E-state index contributed by atoms with van der Waals surface area (Å²) in [6.45, 7) is 1.85. The van der Waals surface area contributed by atoms with Crippen molar-refractivity contribution in [2.24, 2.45) is 5.92 Å². The predicted molar refractivity (Wildman–Crippen MR) is 102 cm³/mol. The van der Waals surface area contributed by atoms with Crippen molar-refractivity contribution >= 4 is 23.6 Å². The maximum atomic E-state index is 12.6. The molecule has 1 unspecified atom stereocenters. The van der Waals surface area contributed by atoms with Crippen molar-refractivity contribution in [3.05, 3.63) is 29.8 Å². The molecule has 2 saturated heterocycles. The van der Waals surface area contributed by atoms with Crippen molar-refractivity contribution in [2.75, 3.05) is 38.1 Å². The molecule has 1 aromatic rings. The first kappa shape index (κ1) is 21.9. The number of nitrogens with one attached hydrogen (secondary N) is 1. The highest BCUT2D eigenvalue weighted by molar-refractivity contribution is 5.90. The van der Waals surface area contributed by atoms with Crippen LogP contribution in [0, 0.1) is 5.92 Å². The van der Waals surface area contributed by atoms with E-state index >= 15 is 0 Å². The molecule has 2 aliphatic rings. The van der Waals surface area contributed by atoms with E-state index in [1.54, 1.807) is 4.90 Å². The van der Waals surface area contributed by atoms with E-state index in [9.17, 15) is 27.6 Å². The minimum atomic E-state index is -4.41. The maximum absolute atomic E-state index is 12.6. The van der Waals surface area contributed by atoms with Crippen LogP contribution in [0.15, 0.2) is 24.3 Å². The number of halogens is 3. The largest absolute Gasteiger partial charge is 0.448 e. The highest BCUT2D eigenvalue weighted by Gasteiger charge is 2.30. The summed E-state index contributed by atoms with van der Waals surface area (Å²) in [6.07, 6.45) is -2.39. The number of anilines is 1. The molecule has 10 heteroatoms. The number of alkyl halides is 3. The first-order valence-electron chi connectivity index (χ1n) is 9.89. The molecule has 3 rings (SSSR count). The number of cyclic esters (lactones) is 1. The Morgan fingerprint density at radius 3 is 2.53 bits per heavy atom. The standard InChI is InChI=1S/C20H24F3N3O4/c21-20(22,23)15-4-6-16(7-5-15)24-17(27)8-3-14-2-1-9-25(12-14)18(28)13-26-10-11-30-19(26)29/h4-7,14H,1-3,8-13H2,(H,24,27). The number of rotatable bonds is 6. The second-order valence-electron chi connectivity index (χ2n) is 7.55. The molecule has 2 fully saturated rings. The van der Waals surface area contributed by atoms with Crippen molar-refractivity contribution < 1.29 is 32.3 Å². The number of piperidine rings is 1. The number of hydrogen-bond acceptors (Lipinski definition) is 4. The first-order valence-corrected chi connectivity index (χ1v) is 9.89. The minimum Gasteiger partial charge on any atom is -0.448 e. The van der Waals surface area contributed by atoms with Gasteiger partial charge in [0, 0.05) is 25.2 Å². The number of amides is 3. The van der Waals surface area contributed by atoms with E-state index in [4.69, 9.17) is 4.74 Å². The molecule has 1 aromatic carbocycles. The lowest BCUT2D eigenvalue weighted by Crippen LogP contribution is -2.45. The summed E-state index contributed by atoms with van der Waals surface area (Å²) in [6, 6.07) is 4.31. The number of benzene rings is 1. The Kier molecular flexibility index (Phi) is 6.84. The van der Waals surface area contributed by atoms with Crippen LogP contribution in [-0.2, 0) is 20.5 Å². The fourth-order valence-corrected chi connectivity index (χ4v) is 3.66. The van der Waals surface area contributed by atoms with Gasteiger partial charge >= 0.3 is 12.3 Å². The molecule has 1 N–H and O–H groups in total. The Morgan fingerprint density at radius 1 is 1.17 bits per heavy atom. The van der Waals surface area contributed by atoms with E-state index in [0.717, 1.165) is 25.0 Å². The second kappa shape index (κ2) is 9.36. The van der Waals surface area contributed by atoms with Crippen molar-refractivity contribution in [2.45, 2.75) is 31.9 Å². The van der Waals surface area contributed by atoms with Gasteiger partial charge in [-0.15, -0.1) is 0 Å². The quantitative estimate of drug-likeness (QED) is 0.757. The van der Waals surface area contributed by atoms with Crippen molar-refractivity contribution in [3.8, 4) is 0 Å². The summed E-state index contributed by atoms with van der Waals surface area (Å²) in [5, 5.41) is 2.60. The molecule has 1 atom stereocenters. The number of likely N-dealkylation sites (tertiary alicyclic amines) is 1. The van der Waals surface area contributed by atoms with Crippen LogP contribution < -0.4 is 5.32 Å². The van der Waals surface area contributed by atoms with Gasteiger partial charge in [0.2, 0.25) is 11.8 Å². The van der Waals surface area contributed by atoms with E-state index in [1.165, 1.54) is 17.0 Å². The van der Waals surface area contributed by atoms with Crippen LogP contribution in [0.3, 0.4) is 0 Å². The highest BCUT2D eigenvalue weighted by atomic mass is 19.4. The molecule has 2 heterocycles. The van der Waals surface area contributed by atoms with Gasteiger partial charge in [0.15, 0.2) is 0 Å². The number of hydrogen-bond donors (Lipinski definition) is 1. The van der Waals surface area contributed by atoms with Crippen LogP contribution in [0.25, 0.3) is 0 Å². The lowest BCUT2D eigenvalue weighted by Gasteiger charge is -2.33.